The van der Waals surface area contributed by atoms with Crippen molar-refractivity contribution in [2.45, 2.75) is 39.3 Å². The molecule has 14 heavy (non-hydrogen) atoms. The summed E-state index contributed by atoms with van der Waals surface area (Å²) >= 11 is 0. The van der Waals surface area contributed by atoms with Gasteiger partial charge in [-0.05, 0) is 13.8 Å². The zero-order chi connectivity index (χ0) is 11.0. The minimum Gasteiger partial charge on any atom is -0.378 e. The Labute approximate surface area is 85.2 Å². The zero-order valence-electron chi connectivity index (χ0n) is 9.39. The summed E-state index contributed by atoms with van der Waals surface area (Å²) in [6.45, 7) is 8.93. The Kier molecular flexibility index (Phi) is 2.88. The van der Waals surface area contributed by atoms with Crippen molar-refractivity contribution < 1.29 is 9.53 Å². The fraction of sp³-hybridized carbons (Fsp3) is 0.900. The molecule has 1 unspecified atom stereocenters. The van der Waals surface area contributed by atoms with Crippen molar-refractivity contribution in [2.75, 3.05) is 13.2 Å². The SMILES string of the molecule is CC(C)NC1(C(N)=O)COCC1(C)C. The molecule has 1 aliphatic heterocycles. The van der Waals surface area contributed by atoms with Gasteiger partial charge < -0.3 is 10.5 Å². The van der Waals surface area contributed by atoms with E-state index in [0.717, 1.165) is 0 Å². The first kappa shape index (κ1) is 11.5. The Hall–Kier alpha value is -0.610. The normalized spacial score (nSPS) is 30.9. The maximum atomic E-state index is 11.6. The molecule has 4 heteroatoms. The zero-order valence-corrected chi connectivity index (χ0v) is 9.39. The van der Waals surface area contributed by atoms with Gasteiger partial charge in [0.1, 0.15) is 5.54 Å². The van der Waals surface area contributed by atoms with Gasteiger partial charge in [-0.1, -0.05) is 13.8 Å². The van der Waals surface area contributed by atoms with E-state index in [9.17, 15) is 4.79 Å². The van der Waals surface area contributed by atoms with E-state index < -0.39 is 5.54 Å². The van der Waals surface area contributed by atoms with Crippen LogP contribution < -0.4 is 11.1 Å². The molecular formula is C10H20N2O2. The first-order chi connectivity index (χ1) is 6.32. The van der Waals surface area contributed by atoms with Crippen molar-refractivity contribution >= 4 is 5.91 Å². The second-order valence-corrected chi connectivity index (χ2v) is 4.95. The maximum Gasteiger partial charge on any atom is 0.240 e. The van der Waals surface area contributed by atoms with Crippen LogP contribution in [0.3, 0.4) is 0 Å². The van der Waals surface area contributed by atoms with Crippen LogP contribution in [0, 0.1) is 5.41 Å². The van der Waals surface area contributed by atoms with E-state index >= 15 is 0 Å². The second-order valence-electron chi connectivity index (χ2n) is 4.95. The molecule has 4 nitrogen and oxygen atoms in total. The quantitative estimate of drug-likeness (QED) is 0.687. The molecule has 1 saturated heterocycles. The highest BCUT2D eigenvalue weighted by atomic mass is 16.5. The summed E-state index contributed by atoms with van der Waals surface area (Å²) in [7, 11) is 0. The maximum absolute atomic E-state index is 11.6. The number of ether oxygens (including phenoxy) is 1. The number of primary amides is 1. The van der Waals surface area contributed by atoms with Crippen molar-refractivity contribution in [3.63, 3.8) is 0 Å². The molecular weight excluding hydrogens is 180 g/mol. The van der Waals surface area contributed by atoms with Gasteiger partial charge in [0.2, 0.25) is 5.91 Å². The predicted molar refractivity (Wildman–Crippen MR) is 54.8 cm³/mol. The summed E-state index contributed by atoms with van der Waals surface area (Å²) in [6, 6.07) is 0.212. The van der Waals surface area contributed by atoms with Crippen molar-refractivity contribution in [3.8, 4) is 0 Å². The number of carbonyl (C=O) groups excluding carboxylic acids is 1. The van der Waals surface area contributed by atoms with Crippen LogP contribution in [0.4, 0.5) is 0 Å². The molecule has 82 valence electrons. The van der Waals surface area contributed by atoms with Crippen LogP contribution in [0.15, 0.2) is 0 Å². The summed E-state index contributed by atoms with van der Waals surface area (Å²) in [5.74, 6) is -0.325. The molecule has 0 saturated carbocycles. The van der Waals surface area contributed by atoms with Gasteiger partial charge in [0, 0.05) is 11.5 Å². The Morgan fingerprint density at radius 1 is 1.43 bits per heavy atom. The fourth-order valence-electron chi connectivity index (χ4n) is 1.98. The second kappa shape index (κ2) is 3.51. The number of nitrogens with two attached hydrogens (primary N) is 1. The Bertz CT molecular complexity index is 238. The smallest absolute Gasteiger partial charge is 0.240 e. The van der Waals surface area contributed by atoms with Crippen molar-refractivity contribution in [2.24, 2.45) is 11.1 Å². The van der Waals surface area contributed by atoms with E-state index in [4.69, 9.17) is 10.5 Å². The lowest BCUT2D eigenvalue weighted by Crippen LogP contribution is -2.65. The highest BCUT2D eigenvalue weighted by Gasteiger charge is 2.54. The molecule has 1 heterocycles. The minimum absolute atomic E-state index is 0.212. The summed E-state index contributed by atoms with van der Waals surface area (Å²) in [5, 5.41) is 3.25. The molecule has 0 aromatic rings. The van der Waals surface area contributed by atoms with Gasteiger partial charge in [-0.3, -0.25) is 10.1 Å². The van der Waals surface area contributed by atoms with Crippen molar-refractivity contribution in [1.29, 1.82) is 0 Å². The van der Waals surface area contributed by atoms with E-state index in [1.807, 2.05) is 27.7 Å². The number of rotatable bonds is 3. The lowest BCUT2D eigenvalue weighted by molar-refractivity contribution is -0.127. The Balaban J connectivity index is 2.98. The number of hydrogen-bond acceptors (Lipinski definition) is 3. The van der Waals surface area contributed by atoms with Gasteiger partial charge in [0.15, 0.2) is 0 Å². The van der Waals surface area contributed by atoms with E-state index in [1.165, 1.54) is 0 Å². The molecule has 0 aliphatic carbocycles. The van der Waals surface area contributed by atoms with Gasteiger partial charge in [0.25, 0.3) is 0 Å². The monoisotopic (exact) mass is 200 g/mol. The fourth-order valence-corrected chi connectivity index (χ4v) is 1.98. The lowest BCUT2D eigenvalue weighted by atomic mass is 9.74. The Morgan fingerprint density at radius 3 is 2.29 bits per heavy atom. The Morgan fingerprint density at radius 2 is 2.00 bits per heavy atom. The molecule has 1 rings (SSSR count). The van der Waals surface area contributed by atoms with Crippen molar-refractivity contribution in [1.82, 2.24) is 5.32 Å². The molecule has 0 spiro atoms. The summed E-state index contributed by atoms with van der Waals surface area (Å²) in [4.78, 5) is 11.6. The van der Waals surface area contributed by atoms with Gasteiger partial charge in [0.05, 0.1) is 13.2 Å². The lowest BCUT2D eigenvalue weighted by Gasteiger charge is -2.38. The van der Waals surface area contributed by atoms with Gasteiger partial charge in [-0.25, -0.2) is 0 Å². The third kappa shape index (κ3) is 1.64. The van der Waals surface area contributed by atoms with Crippen LogP contribution in [0.2, 0.25) is 0 Å². The van der Waals surface area contributed by atoms with Crippen LogP contribution in [0.25, 0.3) is 0 Å². The van der Waals surface area contributed by atoms with Crippen LogP contribution in [-0.4, -0.2) is 30.7 Å². The van der Waals surface area contributed by atoms with E-state index in [-0.39, 0.29) is 17.4 Å². The highest BCUT2D eigenvalue weighted by molar-refractivity contribution is 5.86. The third-order valence-electron chi connectivity index (χ3n) is 2.89. The van der Waals surface area contributed by atoms with Crippen LogP contribution >= 0.6 is 0 Å². The summed E-state index contributed by atoms with van der Waals surface area (Å²) < 4.78 is 5.37. The number of carbonyl (C=O) groups is 1. The number of nitrogens with one attached hydrogen (secondary N) is 1. The first-order valence-electron chi connectivity index (χ1n) is 4.97. The van der Waals surface area contributed by atoms with E-state index in [0.29, 0.717) is 13.2 Å². The largest absolute Gasteiger partial charge is 0.378 e. The first-order valence-corrected chi connectivity index (χ1v) is 4.97. The standard InChI is InChI=1S/C10H20N2O2/c1-7(2)12-10(8(11)13)6-14-5-9(10,3)4/h7,12H,5-6H2,1-4H3,(H2,11,13). The van der Waals surface area contributed by atoms with Crippen LogP contribution in [0.5, 0.6) is 0 Å². The third-order valence-corrected chi connectivity index (χ3v) is 2.89. The number of hydrogen-bond donors (Lipinski definition) is 2. The molecule has 1 fully saturated rings. The van der Waals surface area contributed by atoms with Gasteiger partial charge >= 0.3 is 0 Å². The molecule has 1 amide bonds. The topological polar surface area (TPSA) is 64.3 Å². The molecule has 0 aromatic carbocycles. The van der Waals surface area contributed by atoms with Crippen molar-refractivity contribution in [3.05, 3.63) is 0 Å². The molecule has 3 N–H and O–H groups in total. The van der Waals surface area contributed by atoms with Gasteiger partial charge in [-0.15, -0.1) is 0 Å². The minimum atomic E-state index is -0.721. The molecule has 0 bridgehead atoms. The highest BCUT2D eigenvalue weighted by Crippen LogP contribution is 2.37. The molecule has 1 atom stereocenters. The predicted octanol–water partition coefficient (Wildman–Crippen LogP) is 0.265. The molecule has 0 radical (unpaired) electrons. The molecule has 0 aromatic heterocycles. The van der Waals surface area contributed by atoms with Gasteiger partial charge in [-0.2, -0.15) is 0 Å². The average molecular weight is 200 g/mol. The van der Waals surface area contributed by atoms with E-state index in [1.54, 1.807) is 0 Å². The summed E-state index contributed by atoms with van der Waals surface area (Å²) in [5.41, 5.74) is 4.51. The van der Waals surface area contributed by atoms with Crippen LogP contribution in [-0.2, 0) is 9.53 Å². The summed E-state index contributed by atoms with van der Waals surface area (Å²) in [6.07, 6.45) is 0. The number of amides is 1. The van der Waals surface area contributed by atoms with E-state index in [2.05, 4.69) is 5.32 Å². The average Bonchev–Trinajstić information content (AvgIpc) is 2.26. The molecule has 1 aliphatic rings. The van der Waals surface area contributed by atoms with Crippen LogP contribution in [0.1, 0.15) is 27.7 Å².